The van der Waals surface area contributed by atoms with Crippen LogP contribution in [-0.4, -0.2) is 26.6 Å². The molecule has 0 aliphatic carbocycles. The molecule has 0 bridgehead atoms. The van der Waals surface area contributed by atoms with Crippen molar-refractivity contribution in [3.8, 4) is 0 Å². The third-order valence-corrected chi connectivity index (χ3v) is 5.08. The van der Waals surface area contributed by atoms with Gasteiger partial charge in [-0.05, 0) is 36.6 Å². The van der Waals surface area contributed by atoms with Gasteiger partial charge in [-0.15, -0.1) is 0 Å². The van der Waals surface area contributed by atoms with E-state index in [-0.39, 0.29) is 23.0 Å². The lowest BCUT2D eigenvalue weighted by Gasteiger charge is -2.08. The normalized spacial score (nSPS) is 11.6. The fourth-order valence-corrected chi connectivity index (χ4v) is 3.08. The predicted octanol–water partition coefficient (Wildman–Crippen LogP) is 2.78. The highest BCUT2D eigenvalue weighted by molar-refractivity contribution is 9.10. The van der Waals surface area contributed by atoms with Crippen molar-refractivity contribution in [2.75, 3.05) is 12.3 Å². The van der Waals surface area contributed by atoms with E-state index >= 15 is 0 Å². The molecule has 0 saturated heterocycles. The van der Waals surface area contributed by atoms with Crippen LogP contribution in [0.2, 0.25) is 0 Å². The second-order valence-electron chi connectivity index (χ2n) is 5.06. The molecule has 0 unspecified atom stereocenters. The van der Waals surface area contributed by atoms with Gasteiger partial charge in [-0.2, -0.15) is 0 Å². The minimum atomic E-state index is -3.40. The molecule has 6 heteroatoms. The standard InChI is InChI=1S/C14H20BrNO3S/c1-11(2)7-9-16-14(17)8-10-20(18,19)13-5-3-12(15)4-6-13/h3-6,11H,7-10H2,1-2H3,(H,16,17). The van der Waals surface area contributed by atoms with Crippen molar-refractivity contribution in [1.29, 1.82) is 0 Å². The molecule has 1 N–H and O–H groups in total. The van der Waals surface area contributed by atoms with Crippen molar-refractivity contribution in [2.24, 2.45) is 5.92 Å². The van der Waals surface area contributed by atoms with Crippen molar-refractivity contribution >= 4 is 31.7 Å². The third kappa shape index (κ3) is 6.05. The average molecular weight is 362 g/mol. The minimum absolute atomic E-state index is 0.00348. The number of benzene rings is 1. The molecule has 0 fully saturated rings. The van der Waals surface area contributed by atoms with Crippen LogP contribution in [0.1, 0.15) is 26.7 Å². The zero-order valence-electron chi connectivity index (χ0n) is 11.7. The Morgan fingerprint density at radius 3 is 2.40 bits per heavy atom. The van der Waals surface area contributed by atoms with E-state index in [2.05, 4.69) is 35.1 Å². The van der Waals surface area contributed by atoms with Gasteiger partial charge in [0.1, 0.15) is 0 Å². The van der Waals surface area contributed by atoms with E-state index in [0.29, 0.717) is 12.5 Å². The topological polar surface area (TPSA) is 63.2 Å². The summed E-state index contributed by atoms with van der Waals surface area (Å²) in [5.74, 6) is 0.135. The van der Waals surface area contributed by atoms with Crippen LogP contribution in [0, 0.1) is 5.92 Å². The molecular formula is C14H20BrNO3S. The SMILES string of the molecule is CC(C)CCNC(=O)CCS(=O)(=O)c1ccc(Br)cc1. The molecule has 1 rings (SSSR count). The molecule has 0 heterocycles. The van der Waals surface area contributed by atoms with E-state index in [1.165, 1.54) is 12.1 Å². The summed E-state index contributed by atoms with van der Waals surface area (Å²) in [5, 5.41) is 2.74. The first-order valence-electron chi connectivity index (χ1n) is 6.56. The number of halogens is 1. The molecule has 20 heavy (non-hydrogen) atoms. The lowest BCUT2D eigenvalue weighted by atomic mass is 10.1. The van der Waals surface area contributed by atoms with E-state index in [1.54, 1.807) is 12.1 Å². The van der Waals surface area contributed by atoms with Crippen LogP contribution in [0.3, 0.4) is 0 Å². The molecule has 1 aromatic rings. The summed E-state index contributed by atoms with van der Waals surface area (Å²) in [5.41, 5.74) is 0. The maximum Gasteiger partial charge on any atom is 0.221 e. The zero-order valence-corrected chi connectivity index (χ0v) is 14.1. The second kappa shape index (κ2) is 7.78. The van der Waals surface area contributed by atoms with Crippen molar-refractivity contribution in [1.82, 2.24) is 5.32 Å². The monoisotopic (exact) mass is 361 g/mol. The van der Waals surface area contributed by atoms with Gasteiger partial charge in [-0.1, -0.05) is 29.8 Å². The molecule has 0 spiro atoms. The third-order valence-electron chi connectivity index (χ3n) is 2.81. The number of sulfone groups is 1. The molecule has 0 radical (unpaired) electrons. The number of nitrogens with one attached hydrogen (secondary N) is 1. The van der Waals surface area contributed by atoms with Gasteiger partial charge < -0.3 is 5.32 Å². The van der Waals surface area contributed by atoms with Crippen LogP contribution in [0.5, 0.6) is 0 Å². The average Bonchev–Trinajstić information content (AvgIpc) is 2.36. The fraction of sp³-hybridized carbons (Fsp3) is 0.500. The van der Waals surface area contributed by atoms with Gasteiger partial charge in [0.25, 0.3) is 0 Å². The van der Waals surface area contributed by atoms with Gasteiger partial charge >= 0.3 is 0 Å². The second-order valence-corrected chi connectivity index (χ2v) is 8.08. The van der Waals surface area contributed by atoms with Crippen molar-refractivity contribution in [3.05, 3.63) is 28.7 Å². The van der Waals surface area contributed by atoms with E-state index in [0.717, 1.165) is 10.9 Å². The molecule has 0 atom stereocenters. The van der Waals surface area contributed by atoms with Crippen LogP contribution < -0.4 is 5.32 Å². The maximum absolute atomic E-state index is 12.0. The molecule has 0 aromatic heterocycles. The number of hydrogen-bond donors (Lipinski definition) is 1. The molecule has 1 aromatic carbocycles. The summed E-state index contributed by atoms with van der Waals surface area (Å²) in [6.45, 7) is 4.74. The van der Waals surface area contributed by atoms with Gasteiger partial charge in [0.2, 0.25) is 5.91 Å². The Kier molecular flexibility index (Phi) is 6.68. The van der Waals surface area contributed by atoms with Crippen LogP contribution in [0.25, 0.3) is 0 Å². The minimum Gasteiger partial charge on any atom is -0.356 e. The quantitative estimate of drug-likeness (QED) is 0.811. The largest absolute Gasteiger partial charge is 0.356 e. The van der Waals surface area contributed by atoms with E-state index < -0.39 is 9.84 Å². The number of amides is 1. The van der Waals surface area contributed by atoms with Gasteiger partial charge in [-0.3, -0.25) is 4.79 Å². The van der Waals surface area contributed by atoms with E-state index in [9.17, 15) is 13.2 Å². The van der Waals surface area contributed by atoms with E-state index in [1.807, 2.05) is 0 Å². The summed E-state index contributed by atoms with van der Waals surface area (Å²) in [6, 6.07) is 6.43. The predicted molar refractivity (Wildman–Crippen MR) is 83.3 cm³/mol. The van der Waals surface area contributed by atoms with Crippen LogP contribution in [-0.2, 0) is 14.6 Å². The Morgan fingerprint density at radius 1 is 1.25 bits per heavy atom. The Hall–Kier alpha value is -0.880. The first kappa shape index (κ1) is 17.2. The summed E-state index contributed by atoms with van der Waals surface area (Å²) < 4.78 is 24.9. The van der Waals surface area contributed by atoms with Crippen LogP contribution in [0.15, 0.2) is 33.6 Å². The van der Waals surface area contributed by atoms with Crippen molar-refractivity contribution < 1.29 is 13.2 Å². The highest BCUT2D eigenvalue weighted by Crippen LogP contribution is 2.16. The molecular weight excluding hydrogens is 342 g/mol. The smallest absolute Gasteiger partial charge is 0.221 e. The van der Waals surface area contributed by atoms with Crippen LogP contribution in [0.4, 0.5) is 0 Å². The van der Waals surface area contributed by atoms with Crippen molar-refractivity contribution in [3.63, 3.8) is 0 Å². The Bertz CT molecular complexity index is 538. The molecule has 0 aliphatic rings. The Morgan fingerprint density at radius 2 is 1.85 bits per heavy atom. The lowest BCUT2D eigenvalue weighted by molar-refractivity contribution is -0.120. The lowest BCUT2D eigenvalue weighted by Crippen LogP contribution is -2.27. The first-order valence-corrected chi connectivity index (χ1v) is 9.01. The summed E-state index contributed by atoms with van der Waals surface area (Å²) in [7, 11) is -3.40. The Balaban J connectivity index is 2.47. The molecule has 112 valence electrons. The van der Waals surface area contributed by atoms with Gasteiger partial charge in [0.15, 0.2) is 9.84 Å². The van der Waals surface area contributed by atoms with Gasteiger partial charge in [0.05, 0.1) is 10.6 Å². The number of rotatable bonds is 7. The number of hydrogen-bond acceptors (Lipinski definition) is 3. The summed E-state index contributed by atoms with van der Waals surface area (Å²) in [6.07, 6.45) is 0.891. The zero-order chi connectivity index (χ0) is 15.2. The van der Waals surface area contributed by atoms with Crippen molar-refractivity contribution in [2.45, 2.75) is 31.6 Å². The highest BCUT2D eigenvalue weighted by atomic mass is 79.9. The van der Waals surface area contributed by atoms with Crippen LogP contribution >= 0.6 is 15.9 Å². The maximum atomic E-state index is 12.0. The summed E-state index contributed by atoms with van der Waals surface area (Å²) in [4.78, 5) is 11.8. The first-order chi connectivity index (χ1) is 9.31. The molecule has 4 nitrogen and oxygen atoms in total. The highest BCUT2D eigenvalue weighted by Gasteiger charge is 2.16. The fourth-order valence-electron chi connectivity index (χ4n) is 1.58. The van der Waals surface area contributed by atoms with E-state index in [4.69, 9.17) is 0 Å². The Labute approximate surface area is 129 Å². The molecule has 0 saturated carbocycles. The molecule has 0 aliphatic heterocycles. The number of carbonyl (C=O) groups is 1. The van der Waals surface area contributed by atoms with Gasteiger partial charge in [-0.25, -0.2) is 8.42 Å². The molecule has 1 amide bonds. The summed E-state index contributed by atoms with van der Waals surface area (Å²) >= 11 is 3.26. The van der Waals surface area contributed by atoms with Gasteiger partial charge in [0, 0.05) is 17.4 Å². The number of carbonyl (C=O) groups excluding carboxylic acids is 1.